The Bertz CT molecular complexity index is 12.9. The van der Waals surface area contributed by atoms with E-state index in [9.17, 15) is 0 Å². The minimum absolute atomic E-state index is 0. The van der Waals surface area contributed by atoms with Gasteiger partial charge < -0.3 is 85.3 Å². The van der Waals surface area contributed by atoms with Gasteiger partial charge in [0.15, 0.2) is 0 Å². The van der Waals surface area contributed by atoms with Gasteiger partial charge in [-0.3, -0.25) is 0 Å². The molecule has 0 saturated carbocycles. The quantitative estimate of drug-likeness (QED) is 0.233. The molecule has 0 atom stereocenters. The molecule has 4 radical (unpaired) electrons. The Balaban J connectivity index is 0. The summed E-state index contributed by atoms with van der Waals surface area (Å²) in [5.41, 5.74) is 0. The molecule has 0 aromatic heterocycles. The maximum atomic E-state index is 0. The molecule has 0 bridgehead atoms. The first kappa shape index (κ1) is 69.9. The smallest absolute Gasteiger partial charge is 2.00 e. The van der Waals surface area contributed by atoms with Crippen molar-refractivity contribution in [1.29, 1.82) is 0 Å². The second kappa shape index (κ2) is 57.5. The molecule has 9 heteroatoms. The molecule has 0 fully saturated rings. The first-order chi connectivity index (χ1) is 0. The maximum Gasteiger partial charge on any atom is 3.00 e. The Morgan fingerprint density at radius 3 is 0.333 bits per heavy atom. The Labute approximate surface area is 231 Å². The maximum absolute atomic E-state index is 0. The van der Waals surface area contributed by atoms with E-state index in [4.69, 9.17) is 0 Å². The summed E-state index contributed by atoms with van der Waals surface area (Å²) in [6.07, 6.45) is 0. The molecule has 0 aliphatic heterocycles. The predicted octanol–water partition coefficient (Wildman–Crippen LogP) is -2.67. The van der Waals surface area contributed by atoms with Gasteiger partial charge in [0.1, 0.15) is 0 Å². The fourth-order valence-corrected chi connectivity index (χ4v) is 0. The third-order valence-corrected chi connectivity index (χ3v) is 0. The molecule has 0 aromatic rings. The predicted molar refractivity (Wildman–Crippen MR) is 40.3 cm³/mol. The van der Waals surface area contributed by atoms with Crippen LogP contribution in [0.15, 0.2) is 0 Å². The van der Waals surface area contributed by atoms with E-state index in [-0.39, 0.29) is 239 Å². The van der Waals surface area contributed by atoms with Crippen LogP contribution in [-0.4, -0.2) is 140 Å². The average Bonchev–Trinajstić information content (AvgIpc) is 0. The van der Waals surface area contributed by atoms with Crippen molar-refractivity contribution in [1.82, 2.24) is 0 Å². The van der Waals surface area contributed by atoms with Crippen LogP contribution in [0.4, 0.5) is 0 Å². The van der Waals surface area contributed by atoms with E-state index in [2.05, 4.69) is 0 Å². The summed E-state index contributed by atoms with van der Waals surface area (Å²) in [6.45, 7) is 0. The number of rotatable bonds is 0. The molecule has 0 saturated heterocycles. The zero-order valence-corrected chi connectivity index (χ0v) is 25.0. The van der Waals surface area contributed by atoms with Gasteiger partial charge in [-0.1, -0.05) is 0 Å². The van der Waals surface area contributed by atoms with Gasteiger partial charge in [-0.05, 0) is 0 Å². The standard InChI is InChI=1S/2Eu.2Pb.5Se/q2*+3;2*+2;5*-2. The largest absolute Gasteiger partial charge is 3.00 e. The van der Waals surface area contributed by atoms with E-state index in [1.807, 2.05) is 0 Å². The monoisotopic (exact) mass is 1120 g/mol. The molecular weight excluding hydrogens is 1110 g/mol. The SMILES string of the molecule is [Eu+3].[Eu+3].[Pb+2].[Pb+2].[Se-2].[Se-2].[Se-2].[Se-2].[Se-2]. The van der Waals surface area contributed by atoms with E-state index in [0.717, 1.165) is 0 Å². The van der Waals surface area contributed by atoms with E-state index in [1.165, 1.54) is 0 Å². The zero-order chi connectivity index (χ0) is 0. The van der Waals surface area contributed by atoms with Crippen LogP contribution in [0, 0.1) is 98.8 Å². The third-order valence-electron chi connectivity index (χ3n) is 0. The van der Waals surface area contributed by atoms with Crippen molar-refractivity contribution in [2.75, 3.05) is 0 Å². The van der Waals surface area contributed by atoms with Crippen LogP contribution in [0.5, 0.6) is 0 Å². The second-order valence-electron chi connectivity index (χ2n) is 0. The number of hydrogen-bond acceptors (Lipinski definition) is 0. The summed E-state index contributed by atoms with van der Waals surface area (Å²) < 4.78 is 0. The van der Waals surface area contributed by atoms with Gasteiger partial charge in [-0.15, -0.1) is 0 Å². The minimum atomic E-state index is 0. The molecule has 0 aliphatic carbocycles. The van der Waals surface area contributed by atoms with Gasteiger partial charge >= 0.3 is 153 Å². The Hall–Kier alpha value is 7.61. The third kappa shape index (κ3) is 49.9. The Morgan fingerprint density at radius 1 is 0.333 bits per heavy atom. The first-order valence-electron chi connectivity index (χ1n) is 0. The van der Waals surface area contributed by atoms with Gasteiger partial charge in [0.05, 0.1) is 0 Å². The molecule has 0 nitrogen and oxygen atoms in total. The summed E-state index contributed by atoms with van der Waals surface area (Å²) in [6, 6.07) is 0. The van der Waals surface area contributed by atoms with Crippen molar-refractivity contribution in [3.8, 4) is 0 Å². The number of hydrogen-bond donors (Lipinski definition) is 0. The fourth-order valence-electron chi connectivity index (χ4n) is 0. The van der Waals surface area contributed by atoms with Crippen molar-refractivity contribution in [2.45, 2.75) is 0 Å². The average molecular weight is 1110 g/mol. The Morgan fingerprint density at radius 2 is 0.333 bits per heavy atom. The van der Waals surface area contributed by atoms with Crippen LogP contribution in [0.1, 0.15) is 0 Å². The molecule has 0 rings (SSSR count). The molecule has 0 spiro atoms. The van der Waals surface area contributed by atoms with Crippen LogP contribution in [0.2, 0.25) is 0 Å². The topological polar surface area (TPSA) is 0 Å². The summed E-state index contributed by atoms with van der Waals surface area (Å²) >= 11 is 0. The summed E-state index contributed by atoms with van der Waals surface area (Å²) in [4.78, 5) is 0. The molecule has 0 aromatic carbocycles. The van der Waals surface area contributed by atoms with E-state index in [1.54, 1.807) is 0 Å². The van der Waals surface area contributed by atoms with Crippen LogP contribution in [0.25, 0.3) is 0 Å². The zero-order valence-electron chi connectivity index (χ0n) is 3.80. The second-order valence-corrected chi connectivity index (χ2v) is 0. The van der Waals surface area contributed by atoms with Crippen LogP contribution < -0.4 is 0 Å². The summed E-state index contributed by atoms with van der Waals surface area (Å²) in [5, 5.41) is 0. The van der Waals surface area contributed by atoms with Crippen molar-refractivity contribution in [2.24, 2.45) is 0 Å². The van der Waals surface area contributed by atoms with Crippen molar-refractivity contribution in [3.63, 3.8) is 0 Å². The summed E-state index contributed by atoms with van der Waals surface area (Å²) in [5.74, 6) is 0. The molecule has 9 heavy (non-hydrogen) atoms. The summed E-state index contributed by atoms with van der Waals surface area (Å²) in [7, 11) is 0. The molecule has 0 aliphatic rings. The molecule has 52 valence electrons. The van der Waals surface area contributed by atoms with Gasteiger partial charge in [0, 0.05) is 0 Å². The van der Waals surface area contributed by atoms with Crippen LogP contribution in [0.3, 0.4) is 0 Å². The van der Waals surface area contributed by atoms with Crippen molar-refractivity contribution < 1.29 is 98.8 Å². The van der Waals surface area contributed by atoms with Crippen molar-refractivity contribution >= 4 is 140 Å². The molecule has 0 heterocycles. The van der Waals surface area contributed by atoms with E-state index >= 15 is 0 Å². The first-order valence-corrected chi connectivity index (χ1v) is 0. The molecule has 0 unspecified atom stereocenters. The van der Waals surface area contributed by atoms with Gasteiger partial charge in [-0.25, -0.2) is 0 Å². The Kier molecular flexibility index (Phi) is 447. The van der Waals surface area contributed by atoms with Crippen molar-refractivity contribution in [3.05, 3.63) is 0 Å². The van der Waals surface area contributed by atoms with Crippen LogP contribution >= 0.6 is 0 Å². The fraction of sp³-hybridized carbons (Fsp3) is 0. The van der Waals surface area contributed by atoms with Gasteiger partial charge in [-0.2, -0.15) is 0 Å². The molecule has 0 N–H and O–H groups in total. The van der Waals surface area contributed by atoms with E-state index in [0.29, 0.717) is 0 Å². The molecular formula is Eu2Pb2Se5. The normalized spacial score (nSPS) is 0. The van der Waals surface area contributed by atoms with Gasteiger partial charge in [0.25, 0.3) is 0 Å². The van der Waals surface area contributed by atoms with Crippen LogP contribution in [-0.2, 0) is 0 Å². The van der Waals surface area contributed by atoms with Gasteiger partial charge in [0.2, 0.25) is 0 Å². The van der Waals surface area contributed by atoms with E-state index < -0.39 is 0 Å². The minimum Gasteiger partial charge on any atom is -2.00 e. The molecule has 0 amide bonds.